The van der Waals surface area contributed by atoms with E-state index >= 15 is 0 Å². The summed E-state index contributed by atoms with van der Waals surface area (Å²) in [6.45, 7) is -0.206. The maximum absolute atomic E-state index is 12.1. The molecule has 0 spiro atoms. The highest BCUT2D eigenvalue weighted by atomic mass is 16.5. The number of rotatable bonds is 8. The largest absolute Gasteiger partial charge is 0.469 e. The number of hydrogen-bond donors (Lipinski definition) is 1. The zero-order valence-electron chi connectivity index (χ0n) is 12.1. The molecule has 1 atom stereocenters. The van der Waals surface area contributed by atoms with Crippen molar-refractivity contribution in [3.63, 3.8) is 0 Å². The molecule has 0 aliphatic rings. The number of carbonyl (C=O) groups excluding carboxylic acids is 3. The molecule has 0 aliphatic heterocycles. The molecule has 1 aromatic carbocycles. The van der Waals surface area contributed by atoms with Gasteiger partial charge in [0.2, 0.25) is 5.91 Å². The lowest BCUT2D eigenvalue weighted by atomic mass is 9.99. The average molecular weight is 293 g/mol. The number of likely N-dealkylation sites (N-methyl/N-ethyl adjacent to an activating group) is 1. The summed E-state index contributed by atoms with van der Waals surface area (Å²) in [5.74, 6) is -1.73. The van der Waals surface area contributed by atoms with Crippen LogP contribution in [0.3, 0.4) is 0 Å². The van der Waals surface area contributed by atoms with E-state index in [0.717, 1.165) is 0 Å². The van der Waals surface area contributed by atoms with Gasteiger partial charge in [0.05, 0.1) is 19.6 Å². The summed E-state index contributed by atoms with van der Waals surface area (Å²) in [4.78, 5) is 34.8. The summed E-state index contributed by atoms with van der Waals surface area (Å²) in [7, 11) is 2.74. The molecule has 1 N–H and O–H groups in total. The second-order valence-electron chi connectivity index (χ2n) is 4.40. The van der Waals surface area contributed by atoms with Crippen LogP contribution in [-0.4, -0.2) is 45.0 Å². The summed E-state index contributed by atoms with van der Waals surface area (Å²) < 4.78 is 9.80. The van der Waals surface area contributed by atoms with Gasteiger partial charge in [-0.15, -0.1) is 0 Å². The summed E-state index contributed by atoms with van der Waals surface area (Å²) >= 11 is 0. The topological polar surface area (TPSA) is 81.7 Å². The first-order chi connectivity index (χ1) is 10.1. The van der Waals surface area contributed by atoms with E-state index in [1.165, 1.54) is 14.2 Å². The highest BCUT2D eigenvalue weighted by Gasteiger charge is 2.24. The van der Waals surface area contributed by atoms with Crippen LogP contribution in [0.1, 0.15) is 16.8 Å². The second-order valence-corrected chi connectivity index (χ2v) is 4.40. The van der Waals surface area contributed by atoms with Crippen LogP contribution in [0.5, 0.6) is 0 Å². The molecule has 0 aliphatic carbocycles. The van der Waals surface area contributed by atoms with E-state index in [1.54, 1.807) is 30.3 Å². The van der Waals surface area contributed by atoms with Gasteiger partial charge in [-0.25, -0.2) is 0 Å². The third kappa shape index (κ3) is 5.74. The summed E-state index contributed by atoms with van der Waals surface area (Å²) in [6.07, 6.45) is -0.0234. The molecular formula is C15H19NO5. The van der Waals surface area contributed by atoms with Gasteiger partial charge in [-0.1, -0.05) is 30.3 Å². The first-order valence-corrected chi connectivity index (χ1v) is 6.53. The van der Waals surface area contributed by atoms with Crippen LogP contribution in [0.15, 0.2) is 30.3 Å². The third-order valence-corrected chi connectivity index (χ3v) is 2.89. The predicted molar refractivity (Wildman–Crippen MR) is 75.8 cm³/mol. The molecule has 6 nitrogen and oxygen atoms in total. The van der Waals surface area contributed by atoms with Crippen LogP contribution in [0.4, 0.5) is 0 Å². The van der Waals surface area contributed by atoms with Gasteiger partial charge < -0.3 is 14.8 Å². The van der Waals surface area contributed by atoms with Crippen molar-refractivity contribution < 1.29 is 23.9 Å². The van der Waals surface area contributed by atoms with Crippen molar-refractivity contribution >= 4 is 17.7 Å². The SMILES string of the molecule is CNC(=O)COCC(CC(=O)c1ccccc1)C(=O)OC. The molecule has 0 heterocycles. The Labute approximate surface area is 123 Å². The molecule has 0 saturated heterocycles. The molecule has 1 unspecified atom stereocenters. The fourth-order valence-corrected chi connectivity index (χ4v) is 1.71. The Morgan fingerprint density at radius 2 is 1.86 bits per heavy atom. The fourth-order valence-electron chi connectivity index (χ4n) is 1.71. The minimum Gasteiger partial charge on any atom is -0.469 e. The van der Waals surface area contributed by atoms with E-state index in [2.05, 4.69) is 10.1 Å². The lowest BCUT2D eigenvalue weighted by Gasteiger charge is -2.14. The van der Waals surface area contributed by atoms with E-state index in [4.69, 9.17) is 4.74 Å². The van der Waals surface area contributed by atoms with Crippen LogP contribution in [0.2, 0.25) is 0 Å². The summed E-state index contributed by atoms with van der Waals surface area (Å²) in [6, 6.07) is 8.68. The lowest BCUT2D eigenvalue weighted by Crippen LogP contribution is -2.28. The van der Waals surface area contributed by atoms with E-state index in [9.17, 15) is 14.4 Å². The normalized spacial score (nSPS) is 11.5. The van der Waals surface area contributed by atoms with Gasteiger partial charge in [-0.2, -0.15) is 0 Å². The van der Waals surface area contributed by atoms with E-state index in [1.807, 2.05) is 0 Å². The molecule has 1 rings (SSSR count). The van der Waals surface area contributed by atoms with Crippen LogP contribution in [0, 0.1) is 5.92 Å². The van der Waals surface area contributed by atoms with Crippen LogP contribution >= 0.6 is 0 Å². The number of nitrogens with one attached hydrogen (secondary N) is 1. The van der Waals surface area contributed by atoms with Crippen LogP contribution in [0.25, 0.3) is 0 Å². The Balaban J connectivity index is 2.60. The van der Waals surface area contributed by atoms with Gasteiger partial charge in [0.15, 0.2) is 5.78 Å². The molecule has 1 aromatic rings. The quantitative estimate of drug-likeness (QED) is 0.566. The average Bonchev–Trinajstić information content (AvgIpc) is 2.53. The fraction of sp³-hybridized carbons (Fsp3) is 0.400. The number of Topliss-reactive ketones (excluding diaryl/α,β-unsaturated/α-hetero) is 1. The van der Waals surface area contributed by atoms with Gasteiger partial charge in [0.1, 0.15) is 6.61 Å². The summed E-state index contributed by atoms with van der Waals surface area (Å²) in [5, 5.41) is 2.40. The van der Waals surface area contributed by atoms with Gasteiger partial charge in [0, 0.05) is 19.0 Å². The maximum Gasteiger partial charge on any atom is 0.311 e. The van der Waals surface area contributed by atoms with Crippen molar-refractivity contribution in [2.75, 3.05) is 27.4 Å². The molecule has 1 amide bonds. The van der Waals surface area contributed by atoms with Gasteiger partial charge in [0.25, 0.3) is 0 Å². The Bertz CT molecular complexity index is 486. The Morgan fingerprint density at radius 1 is 1.19 bits per heavy atom. The van der Waals surface area contributed by atoms with E-state index < -0.39 is 11.9 Å². The van der Waals surface area contributed by atoms with E-state index in [0.29, 0.717) is 5.56 Å². The second kappa shape index (κ2) is 8.86. The monoisotopic (exact) mass is 293 g/mol. The van der Waals surface area contributed by atoms with Crippen molar-refractivity contribution in [3.05, 3.63) is 35.9 Å². The molecular weight excluding hydrogens is 274 g/mol. The van der Waals surface area contributed by atoms with Gasteiger partial charge >= 0.3 is 5.97 Å². The number of ether oxygens (including phenoxy) is 2. The number of methoxy groups -OCH3 is 1. The third-order valence-electron chi connectivity index (χ3n) is 2.89. The molecule has 114 valence electrons. The van der Waals surface area contributed by atoms with Crippen molar-refractivity contribution in [1.82, 2.24) is 5.32 Å². The Kier molecular flexibility index (Phi) is 7.11. The minimum absolute atomic E-state index is 0.0234. The first-order valence-electron chi connectivity index (χ1n) is 6.53. The zero-order valence-corrected chi connectivity index (χ0v) is 12.1. The van der Waals surface area contributed by atoms with Crippen LogP contribution in [-0.2, 0) is 19.1 Å². The van der Waals surface area contributed by atoms with Crippen molar-refractivity contribution in [2.24, 2.45) is 5.92 Å². The molecule has 0 aromatic heterocycles. The van der Waals surface area contributed by atoms with Crippen molar-refractivity contribution in [3.8, 4) is 0 Å². The number of benzene rings is 1. The van der Waals surface area contributed by atoms with Gasteiger partial charge in [-0.05, 0) is 0 Å². The standard InChI is InChI=1S/C15H19NO5/c1-16-14(18)10-21-9-12(15(19)20-2)8-13(17)11-6-4-3-5-7-11/h3-7,12H,8-10H2,1-2H3,(H,16,18). The van der Waals surface area contributed by atoms with Crippen molar-refractivity contribution in [2.45, 2.75) is 6.42 Å². The first kappa shape index (κ1) is 16.8. The molecule has 0 saturated carbocycles. The molecule has 0 bridgehead atoms. The molecule has 0 fully saturated rings. The number of ketones is 1. The number of amides is 1. The number of carbonyl (C=O) groups is 3. The van der Waals surface area contributed by atoms with Crippen molar-refractivity contribution in [1.29, 1.82) is 0 Å². The predicted octanol–water partition coefficient (Wildman–Crippen LogP) is 0.811. The number of esters is 1. The molecule has 0 radical (unpaired) electrons. The minimum atomic E-state index is -0.729. The van der Waals surface area contributed by atoms with Gasteiger partial charge in [-0.3, -0.25) is 14.4 Å². The summed E-state index contributed by atoms with van der Waals surface area (Å²) in [5.41, 5.74) is 0.526. The highest BCUT2D eigenvalue weighted by Crippen LogP contribution is 2.12. The molecule has 21 heavy (non-hydrogen) atoms. The number of hydrogen-bond acceptors (Lipinski definition) is 5. The Hall–Kier alpha value is -2.21. The highest BCUT2D eigenvalue weighted by molar-refractivity contribution is 5.98. The zero-order chi connectivity index (χ0) is 15.7. The molecule has 6 heteroatoms. The van der Waals surface area contributed by atoms with Crippen LogP contribution < -0.4 is 5.32 Å². The van der Waals surface area contributed by atoms with E-state index in [-0.39, 0.29) is 31.3 Å². The smallest absolute Gasteiger partial charge is 0.311 e. The lowest BCUT2D eigenvalue weighted by molar-refractivity contribution is -0.148. The maximum atomic E-state index is 12.1. The Morgan fingerprint density at radius 3 is 2.43 bits per heavy atom.